The highest BCUT2D eigenvalue weighted by molar-refractivity contribution is 4.81. The second-order valence-electron chi connectivity index (χ2n) is 7.01. The fourth-order valence-corrected chi connectivity index (χ4v) is 2.95. The molecule has 0 aliphatic rings. The summed E-state index contributed by atoms with van der Waals surface area (Å²) in [5, 5.41) is 9.61. The fourth-order valence-electron chi connectivity index (χ4n) is 2.95. The van der Waals surface area contributed by atoms with Gasteiger partial charge < -0.3 is 10.8 Å². The van der Waals surface area contributed by atoms with Gasteiger partial charge in [-0.25, -0.2) is 0 Å². The maximum atomic E-state index is 9.61. The first-order valence-electron chi connectivity index (χ1n) is 10.3. The van der Waals surface area contributed by atoms with Crippen LogP contribution in [-0.2, 0) is 0 Å². The van der Waals surface area contributed by atoms with Crippen molar-refractivity contribution < 1.29 is 5.11 Å². The van der Waals surface area contributed by atoms with Crippen LogP contribution in [0.4, 0.5) is 0 Å². The summed E-state index contributed by atoms with van der Waals surface area (Å²) in [5.41, 5.74) is 5.92. The third kappa shape index (κ3) is 16.3. The Bertz CT molecular complexity index is 252. The van der Waals surface area contributed by atoms with E-state index in [0.717, 1.165) is 19.3 Å². The molecule has 23 heavy (non-hydrogen) atoms. The molecule has 2 unspecified atom stereocenters. The molecule has 138 valence electrons. The SMILES string of the molecule is CCCCCCCC/C=C\CCCCCCCC(N)C(O)CC. The van der Waals surface area contributed by atoms with E-state index < -0.39 is 0 Å². The number of allylic oxidation sites excluding steroid dienone is 2. The minimum absolute atomic E-state index is 0.0232. The monoisotopic (exact) mass is 325 g/mol. The van der Waals surface area contributed by atoms with Gasteiger partial charge in [-0.05, 0) is 38.5 Å². The molecular weight excluding hydrogens is 282 g/mol. The third-order valence-electron chi connectivity index (χ3n) is 4.71. The summed E-state index contributed by atoms with van der Waals surface area (Å²) >= 11 is 0. The van der Waals surface area contributed by atoms with Crippen molar-refractivity contribution in [3.8, 4) is 0 Å². The van der Waals surface area contributed by atoms with E-state index >= 15 is 0 Å². The molecule has 0 rings (SSSR count). The van der Waals surface area contributed by atoms with Gasteiger partial charge in [0.2, 0.25) is 0 Å². The molecule has 3 N–H and O–H groups in total. The molecule has 0 aliphatic carbocycles. The molecule has 0 spiro atoms. The van der Waals surface area contributed by atoms with Gasteiger partial charge in [-0.3, -0.25) is 0 Å². The smallest absolute Gasteiger partial charge is 0.0688 e. The molecule has 0 saturated heterocycles. The number of nitrogens with two attached hydrogens (primary N) is 1. The first-order valence-corrected chi connectivity index (χ1v) is 10.3. The zero-order chi connectivity index (χ0) is 17.2. The lowest BCUT2D eigenvalue weighted by Gasteiger charge is -2.16. The normalized spacial score (nSPS) is 14.4. The number of hydrogen-bond acceptors (Lipinski definition) is 2. The van der Waals surface area contributed by atoms with Crippen LogP contribution in [0.3, 0.4) is 0 Å². The van der Waals surface area contributed by atoms with Crippen molar-refractivity contribution in [1.82, 2.24) is 0 Å². The summed E-state index contributed by atoms with van der Waals surface area (Å²) in [7, 11) is 0. The molecule has 2 atom stereocenters. The summed E-state index contributed by atoms with van der Waals surface area (Å²) in [6.07, 6.45) is 23.4. The van der Waals surface area contributed by atoms with E-state index in [1.54, 1.807) is 0 Å². The zero-order valence-corrected chi connectivity index (χ0v) is 15.9. The van der Waals surface area contributed by atoms with Gasteiger partial charge in [-0.15, -0.1) is 0 Å². The first kappa shape index (κ1) is 22.7. The van der Waals surface area contributed by atoms with Crippen molar-refractivity contribution in [1.29, 1.82) is 0 Å². The Kier molecular flexibility index (Phi) is 17.7. The van der Waals surface area contributed by atoms with Gasteiger partial charge in [-0.2, -0.15) is 0 Å². The van der Waals surface area contributed by atoms with E-state index in [4.69, 9.17) is 5.73 Å². The highest BCUT2D eigenvalue weighted by Crippen LogP contribution is 2.11. The first-order chi connectivity index (χ1) is 11.2. The Morgan fingerprint density at radius 2 is 1.22 bits per heavy atom. The Hall–Kier alpha value is -0.340. The maximum Gasteiger partial charge on any atom is 0.0688 e. The molecule has 2 heteroatoms. The summed E-state index contributed by atoms with van der Waals surface area (Å²) in [5.74, 6) is 0. The van der Waals surface area contributed by atoms with Crippen LogP contribution in [0.5, 0.6) is 0 Å². The van der Waals surface area contributed by atoms with Crippen molar-refractivity contribution in [3.63, 3.8) is 0 Å². The zero-order valence-electron chi connectivity index (χ0n) is 15.9. The topological polar surface area (TPSA) is 46.2 Å². The second-order valence-corrected chi connectivity index (χ2v) is 7.01. The van der Waals surface area contributed by atoms with E-state index in [2.05, 4.69) is 19.1 Å². The number of rotatable bonds is 17. The van der Waals surface area contributed by atoms with Gasteiger partial charge in [0.15, 0.2) is 0 Å². The number of aliphatic hydroxyl groups excluding tert-OH is 1. The summed E-state index contributed by atoms with van der Waals surface area (Å²) in [4.78, 5) is 0. The summed E-state index contributed by atoms with van der Waals surface area (Å²) in [6.45, 7) is 4.26. The maximum absolute atomic E-state index is 9.61. The van der Waals surface area contributed by atoms with Crippen LogP contribution in [0.25, 0.3) is 0 Å². The van der Waals surface area contributed by atoms with Gasteiger partial charge in [-0.1, -0.05) is 83.8 Å². The van der Waals surface area contributed by atoms with Crippen LogP contribution in [0.1, 0.15) is 110 Å². The van der Waals surface area contributed by atoms with Crippen LogP contribution in [0.2, 0.25) is 0 Å². The lowest BCUT2D eigenvalue weighted by molar-refractivity contribution is 0.135. The molecular formula is C21H43NO. The lowest BCUT2D eigenvalue weighted by atomic mass is 10.0. The van der Waals surface area contributed by atoms with Crippen molar-refractivity contribution in [2.24, 2.45) is 5.73 Å². The molecule has 0 saturated carbocycles. The molecule has 0 amide bonds. The van der Waals surface area contributed by atoms with Crippen molar-refractivity contribution in [2.45, 2.75) is 122 Å². The molecule has 0 aromatic carbocycles. The summed E-state index contributed by atoms with van der Waals surface area (Å²) < 4.78 is 0. The van der Waals surface area contributed by atoms with Crippen molar-refractivity contribution in [3.05, 3.63) is 12.2 Å². The molecule has 0 aliphatic heterocycles. The van der Waals surface area contributed by atoms with Gasteiger partial charge in [0.25, 0.3) is 0 Å². The van der Waals surface area contributed by atoms with Gasteiger partial charge in [0.1, 0.15) is 0 Å². The van der Waals surface area contributed by atoms with Crippen LogP contribution >= 0.6 is 0 Å². The second kappa shape index (κ2) is 18.0. The predicted octanol–water partition coefficient (Wildman–Crippen LogP) is 6.12. The average molecular weight is 326 g/mol. The Labute approximate surface area is 145 Å². The number of hydrogen-bond donors (Lipinski definition) is 2. The Morgan fingerprint density at radius 1 is 0.739 bits per heavy atom. The van der Waals surface area contributed by atoms with Crippen molar-refractivity contribution in [2.75, 3.05) is 0 Å². The molecule has 0 fully saturated rings. The third-order valence-corrected chi connectivity index (χ3v) is 4.71. The molecule has 0 aromatic heterocycles. The molecule has 0 heterocycles. The minimum atomic E-state index is -0.313. The van der Waals surface area contributed by atoms with E-state index in [1.165, 1.54) is 77.0 Å². The average Bonchev–Trinajstić information content (AvgIpc) is 2.57. The predicted molar refractivity (Wildman–Crippen MR) is 104 cm³/mol. The highest BCUT2D eigenvalue weighted by atomic mass is 16.3. The van der Waals surface area contributed by atoms with Crippen LogP contribution in [0, 0.1) is 0 Å². The fraction of sp³-hybridized carbons (Fsp3) is 0.905. The van der Waals surface area contributed by atoms with E-state index in [9.17, 15) is 5.11 Å². The molecule has 0 aromatic rings. The molecule has 2 nitrogen and oxygen atoms in total. The molecule has 0 bridgehead atoms. The number of aliphatic hydroxyl groups is 1. The van der Waals surface area contributed by atoms with Crippen molar-refractivity contribution >= 4 is 0 Å². The largest absolute Gasteiger partial charge is 0.392 e. The minimum Gasteiger partial charge on any atom is -0.392 e. The Balaban J connectivity index is 3.19. The van der Waals surface area contributed by atoms with Gasteiger partial charge >= 0.3 is 0 Å². The van der Waals surface area contributed by atoms with Crippen LogP contribution in [0.15, 0.2) is 12.2 Å². The van der Waals surface area contributed by atoms with E-state index in [-0.39, 0.29) is 12.1 Å². The lowest BCUT2D eigenvalue weighted by Crippen LogP contribution is -2.33. The number of unbranched alkanes of at least 4 members (excludes halogenated alkanes) is 11. The summed E-state index contributed by atoms with van der Waals surface area (Å²) in [6, 6.07) is -0.0232. The van der Waals surface area contributed by atoms with Crippen LogP contribution < -0.4 is 5.73 Å². The van der Waals surface area contributed by atoms with E-state index in [1.807, 2.05) is 6.92 Å². The Morgan fingerprint density at radius 3 is 1.74 bits per heavy atom. The van der Waals surface area contributed by atoms with Gasteiger partial charge in [0, 0.05) is 6.04 Å². The van der Waals surface area contributed by atoms with E-state index in [0.29, 0.717) is 0 Å². The van der Waals surface area contributed by atoms with Gasteiger partial charge in [0.05, 0.1) is 6.10 Å². The quantitative estimate of drug-likeness (QED) is 0.250. The van der Waals surface area contributed by atoms with Crippen LogP contribution in [-0.4, -0.2) is 17.3 Å². The highest BCUT2D eigenvalue weighted by Gasteiger charge is 2.11. The molecule has 0 radical (unpaired) electrons. The standard InChI is InChI=1S/C21H43NO/c1-3-5-6-7-8-9-10-11-12-13-14-15-16-17-18-19-20(22)21(23)4-2/h11-12,20-21,23H,3-10,13-19,22H2,1-2H3/b12-11-.